The van der Waals surface area contributed by atoms with Gasteiger partial charge in [-0.3, -0.25) is 4.79 Å². The molecule has 0 aliphatic rings. The van der Waals surface area contributed by atoms with E-state index in [0.29, 0.717) is 18.4 Å². The maximum absolute atomic E-state index is 13.9. The summed E-state index contributed by atoms with van der Waals surface area (Å²) in [5.41, 5.74) is 0.166. The highest BCUT2D eigenvalue weighted by Gasteiger charge is 2.19. The smallest absolute Gasteiger partial charge is 0.252 e. The van der Waals surface area contributed by atoms with Gasteiger partial charge in [-0.25, -0.2) is 8.78 Å². The van der Waals surface area contributed by atoms with Gasteiger partial charge < -0.3 is 10.1 Å². The van der Waals surface area contributed by atoms with Crippen molar-refractivity contribution >= 4 is 17.2 Å². The van der Waals surface area contributed by atoms with Crippen LogP contribution in [0, 0.1) is 23.0 Å². The van der Waals surface area contributed by atoms with Gasteiger partial charge in [-0.1, -0.05) is 18.2 Å². The second-order valence-electron chi connectivity index (χ2n) is 5.60. The summed E-state index contributed by atoms with van der Waals surface area (Å²) in [5.74, 6) is -1.71. The molecule has 136 valence electrons. The number of thiophene rings is 1. The van der Waals surface area contributed by atoms with Crippen molar-refractivity contribution in [1.82, 2.24) is 5.32 Å². The molecule has 27 heavy (non-hydrogen) atoms. The summed E-state index contributed by atoms with van der Waals surface area (Å²) in [6.07, 6.45) is 0. The Kier molecular flexibility index (Phi) is 5.79. The van der Waals surface area contributed by atoms with Crippen LogP contribution in [0.3, 0.4) is 0 Å². The number of benzene rings is 2. The summed E-state index contributed by atoms with van der Waals surface area (Å²) in [7, 11) is 0. The summed E-state index contributed by atoms with van der Waals surface area (Å²) in [6.45, 7) is 0.379. The molecule has 0 aliphatic carbocycles. The SMILES string of the molecule is N#CC(NC(=O)c1cccc(OCc2cccs2)c1)c1ccc(F)cc1F. The quantitative estimate of drug-likeness (QED) is 0.676. The largest absolute Gasteiger partial charge is 0.488 e. The van der Waals surface area contributed by atoms with Gasteiger partial charge in [-0.2, -0.15) is 5.26 Å². The molecule has 1 N–H and O–H groups in total. The lowest BCUT2D eigenvalue weighted by Crippen LogP contribution is -2.28. The molecule has 1 amide bonds. The summed E-state index contributed by atoms with van der Waals surface area (Å²) < 4.78 is 32.6. The van der Waals surface area contributed by atoms with Crippen LogP contribution in [0.25, 0.3) is 0 Å². The van der Waals surface area contributed by atoms with Crippen molar-refractivity contribution in [2.45, 2.75) is 12.6 Å². The first-order chi connectivity index (χ1) is 13.1. The van der Waals surface area contributed by atoms with Gasteiger partial charge in [0.15, 0.2) is 0 Å². The lowest BCUT2D eigenvalue weighted by Gasteiger charge is -2.13. The Labute approximate surface area is 158 Å². The third kappa shape index (κ3) is 4.68. The topological polar surface area (TPSA) is 62.1 Å². The number of hydrogen-bond acceptors (Lipinski definition) is 4. The van der Waals surface area contributed by atoms with Crippen LogP contribution < -0.4 is 10.1 Å². The van der Waals surface area contributed by atoms with Gasteiger partial charge in [0.1, 0.15) is 30.0 Å². The number of nitrogens with zero attached hydrogens (tertiary/aromatic N) is 1. The van der Waals surface area contributed by atoms with E-state index in [4.69, 9.17) is 4.74 Å². The fourth-order valence-corrected chi connectivity index (χ4v) is 3.02. The van der Waals surface area contributed by atoms with Crippen LogP contribution in [0.4, 0.5) is 8.78 Å². The first-order valence-electron chi connectivity index (χ1n) is 7.97. The van der Waals surface area contributed by atoms with E-state index in [1.54, 1.807) is 35.6 Å². The minimum absolute atomic E-state index is 0.0997. The van der Waals surface area contributed by atoms with Gasteiger partial charge in [-0.05, 0) is 35.7 Å². The van der Waals surface area contributed by atoms with E-state index < -0.39 is 23.6 Å². The first-order valence-corrected chi connectivity index (χ1v) is 8.85. The van der Waals surface area contributed by atoms with Crippen molar-refractivity contribution in [2.75, 3.05) is 0 Å². The van der Waals surface area contributed by atoms with Crippen molar-refractivity contribution in [1.29, 1.82) is 5.26 Å². The van der Waals surface area contributed by atoms with Gasteiger partial charge in [0, 0.05) is 22.1 Å². The summed E-state index contributed by atoms with van der Waals surface area (Å²) >= 11 is 1.56. The first kappa shape index (κ1) is 18.5. The molecule has 0 spiro atoms. The van der Waals surface area contributed by atoms with Crippen LogP contribution in [0.2, 0.25) is 0 Å². The van der Waals surface area contributed by atoms with Crippen LogP contribution >= 0.6 is 11.3 Å². The summed E-state index contributed by atoms with van der Waals surface area (Å²) in [5, 5.41) is 13.6. The van der Waals surface area contributed by atoms with E-state index >= 15 is 0 Å². The molecule has 3 aromatic rings. The zero-order valence-corrected chi connectivity index (χ0v) is 14.8. The van der Waals surface area contributed by atoms with Crippen LogP contribution in [0.15, 0.2) is 60.0 Å². The number of ether oxygens (including phenoxy) is 1. The molecule has 0 aliphatic heterocycles. The Bertz CT molecular complexity index is 984. The minimum Gasteiger partial charge on any atom is -0.488 e. The second-order valence-corrected chi connectivity index (χ2v) is 6.63. The fourth-order valence-electron chi connectivity index (χ4n) is 2.41. The maximum Gasteiger partial charge on any atom is 0.252 e. The maximum atomic E-state index is 13.9. The second kappa shape index (κ2) is 8.43. The Morgan fingerprint density at radius 2 is 2.04 bits per heavy atom. The van der Waals surface area contributed by atoms with Gasteiger partial charge in [-0.15, -0.1) is 11.3 Å². The van der Waals surface area contributed by atoms with Crippen molar-refractivity contribution in [2.24, 2.45) is 0 Å². The molecule has 0 saturated heterocycles. The molecular formula is C20H14F2N2O2S. The van der Waals surface area contributed by atoms with E-state index in [1.165, 1.54) is 0 Å². The summed E-state index contributed by atoms with van der Waals surface area (Å²) in [6, 6.07) is 13.7. The predicted octanol–water partition coefficient (Wildman–Crippen LogP) is 4.60. The van der Waals surface area contributed by atoms with Crippen LogP contribution in [-0.4, -0.2) is 5.91 Å². The summed E-state index contributed by atoms with van der Waals surface area (Å²) in [4.78, 5) is 13.5. The fraction of sp³-hybridized carbons (Fsp3) is 0.100. The Hall–Kier alpha value is -3.24. The molecule has 0 fully saturated rings. The Morgan fingerprint density at radius 3 is 2.74 bits per heavy atom. The van der Waals surface area contributed by atoms with Crippen molar-refractivity contribution in [3.05, 3.63) is 87.6 Å². The number of carbonyl (C=O) groups is 1. The van der Waals surface area contributed by atoms with Crippen LogP contribution in [-0.2, 0) is 6.61 Å². The van der Waals surface area contributed by atoms with Crippen LogP contribution in [0.5, 0.6) is 5.75 Å². The van der Waals surface area contributed by atoms with Crippen molar-refractivity contribution < 1.29 is 18.3 Å². The standard InChI is InChI=1S/C20H14F2N2O2S/c21-14-6-7-17(18(22)10-14)19(11-23)24-20(25)13-3-1-4-15(9-13)26-12-16-5-2-8-27-16/h1-10,19H,12H2,(H,24,25). The van der Waals surface area contributed by atoms with Crippen molar-refractivity contribution in [3.8, 4) is 11.8 Å². The van der Waals surface area contributed by atoms with E-state index in [9.17, 15) is 18.8 Å². The molecule has 1 unspecified atom stereocenters. The zero-order chi connectivity index (χ0) is 19.2. The number of hydrogen-bond donors (Lipinski definition) is 1. The number of rotatable bonds is 6. The number of nitrogens with one attached hydrogen (secondary N) is 1. The molecule has 0 saturated carbocycles. The average Bonchev–Trinajstić information content (AvgIpc) is 3.18. The average molecular weight is 384 g/mol. The third-order valence-electron chi connectivity index (χ3n) is 3.74. The molecule has 1 atom stereocenters. The highest BCUT2D eigenvalue weighted by Crippen LogP contribution is 2.20. The highest BCUT2D eigenvalue weighted by molar-refractivity contribution is 7.09. The van der Waals surface area contributed by atoms with Gasteiger partial charge in [0.2, 0.25) is 0 Å². The lowest BCUT2D eigenvalue weighted by atomic mass is 10.1. The van der Waals surface area contributed by atoms with Gasteiger partial charge in [0.25, 0.3) is 5.91 Å². The molecule has 1 aromatic heterocycles. The number of halogens is 2. The monoisotopic (exact) mass is 384 g/mol. The molecular weight excluding hydrogens is 370 g/mol. The molecule has 1 heterocycles. The predicted molar refractivity (Wildman–Crippen MR) is 97.3 cm³/mol. The Morgan fingerprint density at radius 1 is 1.19 bits per heavy atom. The molecule has 2 aromatic carbocycles. The van der Waals surface area contributed by atoms with Gasteiger partial charge in [0.05, 0.1) is 6.07 Å². The number of amides is 1. The Balaban J connectivity index is 1.71. The molecule has 0 bridgehead atoms. The molecule has 0 radical (unpaired) electrons. The van der Waals surface area contributed by atoms with E-state index in [1.807, 2.05) is 23.6 Å². The number of carbonyl (C=O) groups excluding carboxylic acids is 1. The minimum atomic E-state index is -1.24. The molecule has 3 rings (SSSR count). The van der Waals surface area contributed by atoms with E-state index in [-0.39, 0.29) is 11.1 Å². The van der Waals surface area contributed by atoms with Crippen LogP contribution in [0.1, 0.15) is 26.8 Å². The highest BCUT2D eigenvalue weighted by atomic mass is 32.1. The molecule has 7 heteroatoms. The third-order valence-corrected chi connectivity index (χ3v) is 4.59. The normalized spacial score (nSPS) is 11.4. The zero-order valence-electron chi connectivity index (χ0n) is 14.0. The van der Waals surface area contributed by atoms with Gasteiger partial charge >= 0.3 is 0 Å². The molecule has 4 nitrogen and oxygen atoms in total. The number of nitriles is 1. The van der Waals surface area contributed by atoms with E-state index in [2.05, 4.69) is 5.32 Å². The lowest BCUT2D eigenvalue weighted by molar-refractivity contribution is 0.0944. The van der Waals surface area contributed by atoms with Crippen molar-refractivity contribution in [3.63, 3.8) is 0 Å². The van der Waals surface area contributed by atoms with E-state index in [0.717, 1.165) is 17.0 Å².